The number of carbonyl (C=O) groups is 1. The quantitative estimate of drug-likeness (QED) is 0.507. The lowest BCUT2D eigenvalue weighted by atomic mass is 9.88. The highest BCUT2D eigenvalue weighted by Crippen LogP contribution is 2.58. The molecule has 4 unspecified atom stereocenters. The molecule has 0 spiro atoms. The maximum Gasteiger partial charge on any atom is 0.295 e. The Morgan fingerprint density at radius 3 is 1.76 bits per heavy atom. The minimum absolute atomic E-state index is 0.130. The summed E-state index contributed by atoms with van der Waals surface area (Å²) in [6.07, 6.45) is 3.42. The van der Waals surface area contributed by atoms with Gasteiger partial charge in [0.1, 0.15) is 0 Å². The van der Waals surface area contributed by atoms with Crippen molar-refractivity contribution in [3.8, 4) is 0 Å². The Bertz CT molecular complexity index is 466. The molecule has 0 aromatic rings. The highest BCUT2D eigenvalue weighted by molar-refractivity contribution is 6.79. The van der Waals surface area contributed by atoms with Gasteiger partial charge < -0.3 is 8.85 Å². The number of carbonyl (C=O) groups excluding carboxylic acids is 1. The highest BCUT2D eigenvalue weighted by atomic mass is 28.4. The summed E-state index contributed by atoms with van der Waals surface area (Å²) < 4.78 is 12.4. The van der Waals surface area contributed by atoms with Gasteiger partial charge in [-0.25, -0.2) is 0 Å². The van der Waals surface area contributed by atoms with Gasteiger partial charge >= 0.3 is 0 Å². The zero-order valence-corrected chi connectivity index (χ0v) is 19.9. The van der Waals surface area contributed by atoms with Crippen LogP contribution in [0, 0.1) is 17.8 Å². The number of rotatable bonds is 7. The van der Waals surface area contributed by atoms with E-state index >= 15 is 0 Å². The molecule has 0 radical (unpaired) electrons. The molecule has 0 aromatic carbocycles. The van der Waals surface area contributed by atoms with E-state index in [4.69, 9.17) is 8.85 Å². The van der Waals surface area contributed by atoms with Crippen LogP contribution in [0.4, 0.5) is 0 Å². The van der Waals surface area contributed by atoms with Crippen molar-refractivity contribution in [3.63, 3.8) is 0 Å². The molecular formula is C20H40O3Si2. The minimum Gasteiger partial charge on any atom is -0.518 e. The Morgan fingerprint density at radius 2 is 1.40 bits per heavy atom. The molecule has 2 bridgehead atoms. The van der Waals surface area contributed by atoms with E-state index in [-0.39, 0.29) is 11.9 Å². The van der Waals surface area contributed by atoms with Crippen molar-refractivity contribution in [2.24, 2.45) is 17.8 Å². The van der Waals surface area contributed by atoms with Gasteiger partial charge in [0.25, 0.3) is 14.3 Å². The van der Waals surface area contributed by atoms with Gasteiger partial charge in [0.15, 0.2) is 8.32 Å². The van der Waals surface area contributed by atoms with Crippen LogP contribution in [0.3, 0.4) is 0 Å². The molecule has 0 aliphatic heterocycles. The SMILES string of the molecule is CO[Si](C)(C)C1CC2CC1CC2C(=O)O[Si](C(C)C)(C(C)C)C(C)C. The predicted molar refractivity (Wildman–Crippen MR) is 110 cm³/mol. The summed E-state index contributed by atoms with van der Waals surface area (Å²) in [5.41, 5.74) is 2.10. The van der Waals surface area contributed by atoms with Crippen molar-refractivity contribution in [2.45, 2.75) is 96.1 Å². The van der Waals surface area contributed by atoms with E-state index in [9.17, 15) is 4.79 Å². The van der Waals surface area contributed by atoms with Gasteiger partial charge in [0, 0.05) is 7.11 Å². The summed E-state index contributed by atoms with van der Waals surface area (Å²) in [4.78, 5) is 13.2. The topological polar surface area (TPSA) is 35.5 Å². The third kappa shape index (κ3) is 3.66. The van der Waals surface area contributed by atoms with E-state index in [0.717, 1.165) is 6.42 Å². The normalized spacial score (nSPS) is 29.9. The summed E-state index contributed by atoms with van der Waals surface area (Å²) >= 11 is 0. The molecule has 0 heterocycles. The van der Waals surface area contributed by atoms with Crippen molar-refractivity contribution in [1.29, 1.82) is 0 Å². The van der Waals surface area contributed by atoms with Gasteiger partial charge in [0.05, 0.1) is 5.92 Å². The van der Waals surface area contributed by atoms with Gasteiger partial charge in [0.2, 0.25) is 0 Å². The zero-order valence-electron chi connectivity index (χ0n) is 17.9. The maximum atomic E-state index is 13.2. The fourth-order valence-electron chi connectivity index (χ4n) is 6.17. The van der Waals surface area contributed by atoms with Crippen LogP contribution in [0.25, 0.3) is 0 Å². The largest absolute Gasteiger partial charge is 0.518 e. The standard InChI is InChI=1S/C20H40O3Si2/c1-13(2)25(14(3)4,15(5)6)23-20(21)18-11-17-10-16(18)12-19(17)24(8,9)22-7/h13-19H,10-12H2,1-9H3. The minimum atomic E-state index is -2.11. The lowest BCUT2D eigenvalue weighted by molar-refractivity contribution is -0.142. The van der Waals surface area contributed by atoms with Crippen LogP contribution >= 0.6 is 0 Å². The monoisotopic (exact) mass is 384 g/mol. The average molecular weight is 385 g/mol. The smallest absolute Gasteiger partial charge is 0.295 e. The van der Waals surface area contributed by atoms with Crippen molar-refractivity contribution in [2.75, 3.05) is 7.11 Å². The van der Waals surface area contributed by atoms with Crippen LogP contribution in [-0.4, -0.2) is 29.7 Å². The van der Waals surface area contributed by atoms with Crippen LogP contribution in [0.15, 0.2) is 0 Å². The molecule has 25 heavy (non-hydrogen) atoms. The van der Waals surface area contributed by atoms with E-state index in [1.165, 1.54) is 12.8 Å². The molecule has 0 N–H and O–H groups in total. The molecule has 2 fully saturated rings. The summed E-state index contributed by atoms with van der Waals surface area (Å²) in [5.74, 6) is 1.48. The molecule has 146 valence electrons. The third-order valence-corrected chi connectivity index (χ3v) is 17.1. The van der Waals surface area contributed by atoms with Crippen molar-refractivity contribution >= 4 is 22.6 Å². The fourth-order valence-corrected chi connectivity index (χ4v) is 14.0. The summed E-state index contributed by atoms with van der Waals surface area (Å²) in [7, 11) is -1.85. The molecule has 2 aliphatic carbocycles. The number of hydrogen-bond acceptors (Lipinski definition) is 3. The van der Waals surface area contributed by atoms with Crippen LogP contribution in [-0.2, 0) is 13.6 Å². The second kappa shape index (κ2) is 7.47. The zero-order chi connectivity index (χ0) is 19.2. The molecule has 4 atom stereocenters. The summed E-state index contributed by atoms with van der Waals surface area (Å²) in [5, 5.41) is 0. The first-order chi connectivity index (χ1) is 11.5. The van der Waals surface area contributed by atoms with Gasteiger partial charge in [-0.3, -0.25) is 4.79 Å². The number of hydrogen-bond donors (Lipinski definition) is 0. The Labute approximate surface area is 157 Å². The van der Waals surface area contributed by atoms with Gasteiger partial charge in [-0.05, 0) is 66.4 Å². The van der Waals surface area contributed by atoms with Crippen LogP contribution in [0.5, 0.6) is 0 Å². The van der Waals surface area contributed by atoms with E-state index in [2.05, 4.69) is 54.6 Å². The summed E-state index contributed by atoms with van der Waals surface area (Å²) in [6.45, 7) is 18.2. The first kappa shape index (κ1) is 21.2. The Morgan fingerprint density at radius 1 is 0.880 bits per heavy atom. The molecule has 0 saturated heterocycles. The highest BCUT2D eigenvalue weighted by Gasteiger charge is 2.56. The third-order valence-electron chi connectivity index (χ3n) is 7.56. The van der Waals surface area contributed by atoms with Crippen LogP contribution in [0.2, 0.25) is 35.3 Å². The predicted octanol–water partition coefficient (Wildman–Crippen LogP) is 5.97. The van der Waals surface area contributed by atoms with Crippen molar-refractivity contribution in [3.05, 3.63) is 0 Å². The fraction of sp³-hybridized carbons (Fsp3) is 0.950. The Balaban J connectivity index is 2.11. The van der Waals surface area contributed by atoms with E-state index in [0.29, 0.717) is 34.0 Å². The molecule has 2 aliphatic rings. The molecule has 3 nitrogen and oxygen atoms in total. The van der Waals surface area contributed by atoms with Gasteiger partial charge in [-0.1, -0.05) is 41.5 Å². The molecule has 2 rings (SSSR count). The lowest BCUT2D eigenvalue weighted by Crippen LogP contribution is -2.50. The van der Waals surface area contributed by atoms with Crippen LogP contribution < -0.4 is 0 Å². The number of fused-ring (bicyclic) bond motifs is 2. The van der Waals surface area contributed by atoms with Crippen LogP contribution in [0.1, 0.15) is 60.8 Å². The molecule has 2 saturated carbocycles. The second-order valence-electron chi connectivity index (χ2n) is 9.99. The molecule has 0 aromatic heterocycles. The molecule has 0 amide bonds. The maximum absolute atomic E-state index is 13.2. The summed E-state index contributed by atoms with van der Waals surface area (Å²) in [6, 6.07) is 0. The van der Waals surface area contributed by atoms with E-state index in [1.54, 1.807) is 0 Å². The molecular weight excluding hydrogens is 344 g/mol. The lowest BCUT2D eigenvalue weighted by Gasteiger charge is -2.43. The Kier molecular flexibility index (Phi) is 6.33. The van der Waals surface area contributed by atoms with Crippen molar-refractivity contribution < 1.29 is 13.6 Å². The average Bonchev–Trinajstić information content (AvgIpc) is 3.11. The second-order valence-corrected chi connectivity index (χ2v) is 19.7. The first-order valence-electron chi connectivity index (χ1n) is 10.2. The Hall–Kier alpha value is -0.136. The molecule has 5 heteroatoms. The van der Waals surface area contributed by atoms with E-state index < -0.39 is 16.6 Å². The van der Waals surface area contributed by atoms with Gasteiger partial charge in [-0.2, -0.15) is 0 Å². The van der Waals surface area contributed by atoms with E-state index in [1.807, 2.05) is 7.11 Å². The van der Waals surface area contributed by atoms with Gasteiger partial charge in [-0.15, -0.1) is 0 Å². The van der Waals surface area contributed by atoms with Crippen molar-refractivity contribution in [1.82, 2.24) is 0 Å². The first-order valence-corrected chi connectivity index (χ1v) is 15.4.